The van der Waals surface area contributed by atoms with Gasteiger partial charge in [-0.05, 0) is 91.6 Å². The molecule has 0 aliphatic heterocycles. The Hall–Kier alpha value is -5.66. The summed E-state index contributed by atoms with van der Waals surface area (Å²) in [5, 5.41) is 0. The Labute approximate surface area is 285 Å². The lowest BCUT2D eigenvalue weighted by Gasteiger charge is -2.70. The fourth-order valence-corrected chi connectivity index (χ4v) is 9.06. The highest BCUT2D eigenvalue weighted by Gasteiger charge is 2.75. The lowest BCUT2D eigenvalue weighted by molar-refractivity contribution is -0.135. The molecule has 0 nitrogen and oxygen atoms in total. The van der Waals surface area contributed by atoms with Crippen molar-refractivity contribution in [3.63, 3.8) is 0 Å². The number of rotatable bonds is 1. The second kappa shape index (κ2) is 12.5. The number of hydrogen-bond donors (Lipinski definition) is 0. The first kappa shape index (κ1) is 29.7. The van der Waals surface area contributed by atoms with Crippen LogP contribution in [-0.4, -0.2) is 0 Å². The fourth-order valence-electron chi connectivity index (χ4n) is 9.06. The van der Waals surface area contributed by atoms with Crippen molar-refractivity contribution in [1.82, 2.24) is 0 Å². The molecule has 5 unspecified atom stereocenters. The van der Waals surface area contributed by atoms with Crippen molar-refractivity contribution in [3.8, 4) is 47.4 Å². The zero-order chi connectivity index (χ0) is 32.3. The molecule has 4 fully saturated rings. The summed E-state index contributed by atoms with van der Waals surface area (Å²) >= 11 is 0. The molecule has 4 aliphatic carbocycles. The lowest BCUT2D eigenvalue weighted by atomic mass is 9.30. The molecular weight excluding hydrogens is 577 g/mol. The first-order chi connectivity index (χ1) is 23.7. The highest BCUT2D eigenvalue weighted by molar-refractivity contribution is 5.58. The first-order valence-electron chi connectivity index (χ1n) is 17.1. The third-order valence-electron chi connectivity index (χ3n) is 10.9. The number of hydrogen-bond acceptors (Lipinski definition) is 0. The van der Waals surface area contributed by atoms with Crippen LogP contribution in [0.2, 0.25) is 0 Å². The van der Waals surface area contributed by atoms with Crippen molar-refractivity contribution >= 4 is 0 Å². The Balaban J connectivity index is 1.47. The maximum atomic E-state index is 4.03. The van der Waals surface area contributed by atoms with Crippen LogP contribution < -0.4 is 0 Å². The van der Waals surface area contributed by atoms with Gasteiger partial charge in [-0.1, -0.05) is 150 Å². The van der Waals surface area contributed by atoms with E-state index in [4.69, 9.17) is 0 Å². The zero-order valence-electron chi connectivity index (χ0n) is 27.0. The summed E-state index contributed by atoms with van der Waals surface area (Å²) in [6.07, 6.45) is 4.14. The summed E-state index contributed by atoms with van der Waals surface area (Å²) in [6.45, 7) is 0. The van der Waals surface area contributed by atoms with Crippen LogP contribution in [-0.2, 0) is 5.41 Å². The second-order valence-electron chi connectivity index (χ2n) is 13.6. The molecule has 0 spiro atoms. The molecule has 4 bridgehead atoms. The number of benzene rings is 5. The molecule has 0 N–H and O–H groups in total. The van der Waals surface area contributed by atoms with Crippen molar-refractivity contribution in [2.75, 3.05) is 0 Å². The zero-order valence-corrected chi connectivity index (χ0v) is 27.0. The normalized spacial score (nSPS) is 25.5. The molecule has 0 aromatic heterocycles. The van der Waals surface area contributed by atoms with E-state index in [-0.39, 0.29) is 11.3 Å². The van der Waals surface area contributed by atoms with Gasteiger partial charge in [0.2, 0.25) is 0 Å². The van der Waals surface area contributed by atoms with Gasteiger partial charge in [-0.3, -0.25) is 0 Å². The van der Waals surface area contributed by atoms with E-state index in [1.165, 1.54) is 12.0 Å². The van der Waals surface area contributed by atoms with E-state index in [1.54, 1.807) is 0 Å². The topological polar surface area (TPSA) is 0 Å². The van der Waals surface area contributed by atoms with Gasteiger partial charge in [-0.25, -0.2) is 0 Å². The molecule has 0 saturated heterocycles. The molecule has 5 aromatic carbocycles. The summed E-state index contributed by atoms with van der Waals surface area (Å²) < 4.78 is 0. The van der Waals surface area contributed by atoms with Gasteiger partial charge in [0.1, 0.15) is 5.41 Å². The monoisotopic (exact) mass is 612 g/mol. The molecule has 48 heavy (non-hydrogen) atoms. The van der Waals surface area contributed by atoms with Crippen LogP contribution in [0.4, 0.5) is 0 Å². The summed E-state index contributed by atoms with van der Waals surface area (Å²) in [5.74, 6) is 31.6. The molecule has 0 heteroatoms. The van der Waals surface area contributed by atoms with Gasteiger partial charge in [0, 0.05) is 33.6 Å². The van der Waals surface area contributed by atoms with Crippen LogP contribution in [0.15, 0.2) is 152 Å². The minimum absolute atomic E-state index is 0.0115. The van der Waals surface area contributed by atoms with E-state index >= 15 is 0 Å². The highest BCUT2D eigenvalue weighted by Crippen LogP contribution is 2.75. The van der Waals surface area contributed by atoms with Gasteiger partial charge in [-0.15, -0.1) is 0 Å². The molecular formula is C48H36. The van der Waals surface area contributed by atoms with Crippen LogP contribution in [0.25, 0.3) is 0 Å². The van der Waals surface area contributed by atoms with Crippen LogP contribution in [0.1, 0.15) is 53.5 Å². The van der Waals surface area contributed by atoms with Crippen molar-refractivity contribution < 1.29 is 0 Å². The van der Waals surface area contributed by atoms with Crippen LogP contribution in [0, 0.1) is 75.9 Å². The Morgan fingerprint density at radius 3 is 1.38 bits per heavy atom. The summed E-state index contributed by atoms with van der Waals surface area (Å²) in [5.41, 5.74) is 3.67. The van der Waals surface area contributed by atoms with E-state index in [1.807, 2.05) is 18.2 Å². The van der Waals surface area contributed by atoms with Crippen LogP contribution >= 0.6 is 0 Å². The van der Waals surface area contributed by atoms with E-state index in [9.17, 15) is 0 Å². The Bertz CT molecular complexity index is 2100. The van der Waals surface area contributed by atoms with E-state index in [2.05, 4.69) is 181 Å². The van der Waals surface area contributed by atoms with Gasteiger partial charge < -0.3 is 0 Å². The SMILES string of the molecule is C(#CC1C2CC3CC(c4ccccc4)(C2)C(C#Cc2ccccc2)(C#Cc2ccccc2)C1(C#Cc1ccccc1)C3)c1ccccc1. The van der Waals surface area contributed by atoms with Gasteiger partial charge in [-0.2, -0.15) is 0 Å². The van der Waals surface area contributed by atoms with Crippen LogP contribution in [0.5, 0.6) is 0 Å². The Morgan fingerprint density at radius 1 is 0.438 bits per heavy atom. The largest absolute Gasteiger partial charge is 0.120 e. The maximum Gasteiger partial charge on any atom is 0.120 e. The van der Waals surface area contributed by atoms with E-state index in [0.717, 1.165) is 41.5 Å². The molecule has 228 valence electrons. The molecule has 5 aromatic rings. The van der Waals surface area contributed by atoms with Gasteiger partial charge in [0.25, 0.3) is 0 Å². The standard InChI is InChI=1S/C48H36/c1-6-16-38(17-7-1)26-27-45-43-34-42-35-46(45,31-28-39-18-8-2-9-19-39)48(32-29-40-20-10-3-11-21-40,33-30-41-22-12-4-13-23-41)47(36-42,37-43)44-24-14-5-15-25-44/h1-25,42-43,45H,34-37H2. The van der Waals surface area contributed by atoms with Crippen molar-refractivity contribution in [2.45, 2.75) is 31.1 Å². The second-order valence-corrected chi connectivity index (χ2v) is 13.6. The van der Waals surface area contributed by atoms with Gasteiger partial charge >= 0.3 is 0 Å². The molecule has 4 saturated carbocycles. The van der Waals surface area contributed by atoms with Gasteiger partial charge in [0.15, 0.2) is 0 Å². The minimum Gasteiger partial charge on any atom is -0.0925 e. The summed E-state index contributed by atoms with van der Waals surface area (Å²) in [7, 11) is 0. The van der Waals surface area contributed by atoms with E-state index < -0.39 is 10.8 Å². The van der Waals surface area contributed by atoms with Gasteiger partial charge in [0.05, 0.1) is 5.41 Å². The molecule has 0 amide bonds. The van der Waals surface area contributed by atoms with Crippen molar-refractivity contribution in [1.29, 1.82) is 0 Å². The average Bonchev–Trinajstić information content (AvgIpc) is 3.15. The third-order valence-corrected chi connectivity index (χ3v) is 10.9. The summed E-state index contributed by atoms with van der Waals surface area (Å²) in [4.78, 5) is 0. The Kier molecular flexibility index (Phi) is 7.74. The van der Waals surface area contributed by atoms with Crippen molar-refractivity contribution in [2.24, 2.45) is 28.6 Å². The lowest BCUT2D eigenvalue weighted by Crippen LogP contribution is -2.70. The molecule has 0 radical (unpaired) electrons. The Morgan fingerprint density at radius 2 is 0.875 bits per heavy atom. The minimum atomic E-state index is -0.793. The highest BCUT2D eigenvalue weighted by atomic mass is 14.7. The molecule has 5 atom stereocenters. The van der Waals surface area contributed by atoms with Crippen molar-refractivity contribution in [3.05, 3.63) is 179 Å². The van der Waals surface area contributed by atoms with Crippen LogP contribution in [0.3, 0.4) is 0 Å². The quantitative estimate of drug-likeness (QED) is 0.165. The predicted molar refractivity (Wildman–Crippen MR) is 195 cm³/mol. The molecule has 0 heterocycles. The molecule has 4 aliphatic rings. The first-order valence-corrected chi connectivity index (χ1v) is 17.1. The maximum absolute atomic E-state index is 4.03. The molecule has 9 rings (SSSR count). The average molecular weight is 613 g/mol. The smallest absolute Gasteiger partial charge is 0.0925 e. The third kappa shape index (κ3) is 5.13. The summed E-state index contributed by atoms with van der Waals surface area (Å²) in [6, 6.07) is 52.7. The predicted octanol–water partition coefficient (Wildman–Crippen LogP) is 9.55. The van der Waals surface area contributed by atoms with E-state index in [0.29, 0.717) is 11.8 Å². The fraction of sp³-hybridized carbons (Fsp3) is 0.208.